The van der Waals surface area contributed by atoms with Gasteiger partial charge in [-0.25, -0.2) is 0 Å². The molecule has 0 spiro atoms. The van der Waals surface area contributed by atoms with Gasteiger partial charge in [0.1, 0.15) is 0 Å². The predicted octanol–water partition coefficient (Wildman–Crippen LogP) is 2.41. The number of aromatic nitrogens is 1. The zero-order chi connectivity index (χ0) is 9.97. The van der Waals surface area contributed by atoms with Crippen molar-refractivity contribution in [3.05, 3.63) is 36.5 Å². The van der Waals surface area contributed by atoms with Crippen molar-refractivity contribution >= 4 is 5.88 Å². The summed E-state index contributed by atoms with van der Waals surface area (Å²) in [6.45, 7) is 0. The van der Waals surface area contributed by atoms with Crippen molar-refractivity contribution in [3.8, 4) is 11.1 Å². The molecule has 1 aromatic carbocycles. The number of rotatable bonds is 2. The van der Waals surface area contributed by atoms with Gasteiger partial charge in [-0.15, -0.1) is 0 Å². The van der Waals surface area contributed by atoms with Gasteiger partial charge in [0, 0.05) is 14.1 Å². The van der Waals surface area contributed by atoms with E-state index in [-0.39, 0.29) is 0 Å². The maximum atomic E-state index is 5.16. The Kier molecular flexibility index (Phi) is 2.23. The fraction of sp³-hybridized carbons (Fsp3) is 0.182. The molecular formula is C11H12N2O. The Hall–Kier alpha value is -1.77. The summed E-state index contributed by atoms with van der Waals surface area (Å²) in [5, 5.41) is 3.80. The standard InChI is InChI=1S/C11H12N2O/c1-13(2)11-10(8-12-14-11)9-6-4-3-5-7-9/h3-8H,1-2H3. The largest absolute Gasteiger partial charge is 0.346 e. The first-order valence-corrected chi connectivity index (χ1v) is 4.46. The van der Waals surface area contributed by atoms with Crippen LogP contribution in [0.15, 0.2) is 41.1 Å². The van der Waals surface area contributed by atoms with Gasteiger partial charge in [-0.3, -0.25) is 0 Å². The molecule has 1 heterocycles. The quantitative estimate of drug-likeness (QED) is 0.724. The fourth-order valence-electron chi connectivity index (χ4n) is 1.37. The Bertz CT molecular complexity index is 406. The van der Waals surface area contributed by atoms with Crippen LogP contribution in [0.4, 0.5) is 5.88 Å². The minimum atomic E-state index is 0.788. The predicted molar refractivity (Wildman–Crippen MR) is 56.3 cm³/mol. The molecule has 2 aromatic rings. The highest BCUT2D eigenvalue weighted by Crippen LogP contribution is 2.28. The Morgan fingerprint density at radius 3 is 2.50 bits per heavy atom. The maximum absolute atomic E-state index is 5.16. The van der Waals surface area contributed by atoms with Crippen molar-refractivity contribution in [2.24, 2.45) is 0 Å². The molecule has 0 fully saturated rings. The van der Waals surface area contributed by atoms with E-state index in [9.17, 15) is 0 Å². The van der Waals surface area contributed by atoms with Gasteiger partial charge in [-0.2, -0.15) is 0 Å². The molecule has 0 N–H and O–H groups in total. The number of benzene rings is 1. The van der Waals surface area contributed by atoms with Crippen LogP contribution in [0.5, 0.6) is 0 Å². The molecule has 0 unspecified atom stereocenters. The van der Waals surface area contributed by atoms with Crippen LogP contribution >= 0.6 is 0 Å². The first kappa shape index (κ1) is 8.81. The van der Waals surface area contributed by atoms with Crippen molar-refractivity contribution in [1.82, 2.24) is 5.16 Å². The molecule has 72 valence electrons. The third-order valence-electron chi connectivity index (χ3n) is 2.04. The zero-order valence-electron chi connectivity index (χ0n) is 8.27. The molecule has 0 amide bonds. The Morgan fingerprint density at radius 1 is 1.14 bits per heavy atom. The van der Waals surface area contributed by atoms with Crippen LogP contribution in [0.3, 0.4) is 0 Å². The molecule has 3 nitrogen and oxygen atoms in total. The lowest BCUT2D eigenvalue weighted by molar-refractivity contribution is 0.424. The lowest BCUT2D eigenvalue weighted by Crippen LogP contribution is -2.08. The van der Waals surface area contributed by atoms with Crippen LogP contribution in [0.2, 0.25) is 0 Å². The van der Waals surface area contributed by atoms with Gasteiger partial charge in [0.25, 0.3) is 0 Å². The topological polar surface area (TPSA) is 29.3 Å². The smallest absolute Gasteiger partial charge is 0.234 e. The molecule has 0 aliphatic rings. The van der Waals surface area contributed by atoms with Crippen LogP contribution < -0.4 is 4.90 Å². The summed E-state index contributed by atoms with van der Waals surface area (Å²) in [5.74, 6) is 0.788. The highest BCUT2D eigenvalue weighted by molar-refractivity contribution is 5.73. The van der Waals surface area contributed by atoms with Gasteiger partial charge in [0.05, 0.1) is 11.8 Å². The minimum Gasteiger partial charge on any atom is -0.346 e. The molecule has 0 aliphatic heterocycles. The lowest BCUT2D eigenvalue weighted by Gasteiger charge is -2.09. The molecule has 14 heavy (non-hydrogen) atoms. The summed E-state index contributed by atoms with van der Waals surface area (Å²) < 4.78 is 5.16. The van der Waals surface area contributed by atoms with Gasteiger partial charge >= 0.3 is 0 Å². The molecule has 3 heteroatoms. The van der Waals surface area contributed by atoms with Gasteiger partial charge in [0.15, 0.2) is 0 Å². The summed E-state index contributed by atoms with van der Waals surface area (Å²) in [6.07, 6.45) is 1.74. The van der Waals surface area contributed by atoms with Crippen LogP contribution in [0.25, 0.3) is 11.1 Å². The van der Waals surface area contributed by atoms with Crippen molar-refractivity contribution in [2.45, 2.75) is 0 Å². The average molecular weight is 188 g/mol. The number of anilines is 1. The van der Waals surface area contributed by atoms with E-state index in [1.54, 1.807) is 6.20 Å². The van der Waals surface area contributed by atoms with Gasteiger partial charge in [-0.1, -0.05) is 35.5 Å². The fourth-order valence-corrected chi connectivity index (χ4v) is 1.37. The van der Waals surface area contributed by atoms with E-state index < -0.39 is 0 Å². The van der Waals surface area contributed by atoms with E-state index >= 15 is 0 Å². The minimum absolute atomic E-state index is 0.788. The van der Waals surface area contributed by atoms with E-state index in [1.165, 1.54) is 0 Å². The first-order valence-electron chi connectivity index (χ1n) is 4.46. The monoisotopic (exact) mass is 188 g/mol. The molecule has 0 saturated carbocycles. The number of hydrogen-bond donors (Lipinski definition) is 0. The zero-order valence-corrected chi connectivity index (χ0v) is 8.27. The van der Waals surface area contributed by atoms with Gasteiger partial charge in [0.2, 0.25) is 5.88 Å². The summed E-state index contributed by atoms with van der Waals surface area (Å²) in [4.78, 5) is 1.91. The second kappa shape index (κ2) is 3.54. The average Bonchev–Trinajstić information content (AvgIpc) is 2.67. The van der Waals surface area contributed by atoms with Crippen LogP contribution in [0.1, 0.15) is 0 Å². The van der Waals surface area contributed by atoms with Crippen molar-refractivity contribution < 1.29 is 4.52 Å². The normalized spacial score (nSPS) is 10.1. The number of hydrogen-bond acceptors (Lipinski definition) is 3. The van der Waals surface area contributed by atoms with Crippen molar-refractivity contribution in [3.63, 3.8) is 0 Å². The second-order valence-electron chi connectivity index (χ2n) is 3.31. The Morgan fingerprint density at radius 2 is 1.86 bits per heavy atom. The molecular weight excluding hydrogens is 176 g/mol. The van der Waals surface area contributed by atoms with E-state index in [1.807, 2.05) is 49.3 Å². The molecule has 1 aromatic heterocycles. The molecule has 0 atom stereocenters. The van der Waals surface area contributed by atoms with Crippen molar-refractivity contribution in [1.29, 1.82) is 0 Å². The molecule has 0 radical (unpaired) electrons. The molecule has 0 saturated heterocycles. The van der Waals surface area contributed by atoms with Gasteiger partial charge < -0.3 is 9.42 Å². The van der Waals surface area contributed by atoms with Crippen LogP contribution in [-0.2, 0) is 0 Å². The van der Waals surface area contributed by atoms with Crippen LogP contribution in [0, 0.1) is 0 Å². The first-order chi connectivity index (χ1) is 6.79. The SMILES string of the molecule is CN(C)c1oncc1-c1ccccc1. The number of nitrogens with zero attached hydrogens (tertiary/aromatic N) is 2. The summed E-state index contributed by atoms with van der Waals surface area (Å²) in [5.41, 5.74) is 2.15. The lowest BCUT2D eigenvalue weighted by atomic mass is 10.1. The molecule has 0 aliphatic carbocycles. The van der Waals surface area contributed by atoms with Gasteiger partial charge in [-0.05, 0) is 5.56 Å². The maximum Gasteiger partial charge on any atom is 0.234 e. The third kappa shape index (κ3) is 1.48. The molecule has 0 bridgehead atoms. The Balaban J connectivity index is 2.47. The van der Waals surface area contributed by atoms with E-state index in [0.29, 0.717) is 0 Å². The second-order valence-corrected chi connectivity index (χ2v) is 3.31. The summed E-state index contributed by atoms with van der Waals surface area (Å²) in [7, 11) is 3.87. The highest BCUT2D eigenvalue weighted by atomic mass is 16.5. The van der Waals surface area contributed by atoms with E-state index in [2.05, 4.69) is 5.16 Å². The molecule has 2 rings (SSSR count). The van der Waals surface area contributed by atoms with E-state index in [4.69, 9.17) is 4.52 Å². The van der Waals surface area contributed by atoms with E-state index in [0.717, 1.165) is 17.0 Å². The van der Waals surface area contributed by atoms with Crippen molar-refractivity contribution in [2.75, 3.05) is 19.0 Å². The summed E-state index contributed by atoms with van der Waals surface area (Å²) in [6, 6.07) is 10.1. The summed E-state index contributed by atoms with van der Waals surface area (Å²) >= 11 is 0. The third-order valence-corrected chi connectivity index (χ3v) is 2.04. The highest BCUT2D eigenvalue weighted by Gasteiger charge is 2.10. The Labute approximate surface area is 82.9 Å². The van der Waals surface area contributed by atoms with Crippen LogP contribution in [-0.4, -0.2) is 19.3 Å².